The number of hydrogen-bond donors (Lipinski definition) is 1. The summed E-state index contributed by atoms with van der Waals surface area (Å²) in [5.41, 5.74) is 0. The minimum atomic E-state index is -0.703. The van der Waals surface area contributed by atoms with Crippen molar-refractivity contribution >= 4 is 5.97 Å². The molecular weight excluding hydrogens is 206 g/mol. The number of rotatable bonds is 4. The third kappa shape index (κ3) is 2.24. The van der Waals surface area contributed by atoms with Crippen LogP contribution in [0.4, 0.5) is 0 Å². The number of aliphatic carboxylic acids is 1. The highest BCUT2D eigenvalue weighted by atomic mass is 16.4. The second kappa shape index (κ2) is 4.65. The lowest BCUT2D eigenvalue weighted by Crippen LogP contribution is -2.40. The molecule has 88 valence electrons. The summed E-state index contributed by atoms with van der Waals surface area (Å²) in [5.74, 6) is -0.458. The van der Waals surface area contributed by atoms with Crippen LogP contribution in [-0.2, 0) is 11.3 Å². The van der Waals surface area contributed by atoms with Crippen LogP contribution in [0.25, 0.3) is 0 Å². The van der Waals surface area contributed by atoms with Gasteiger partial charge in [0, 0.05) is 18.9 Å². The third-order valence-corrected chi connectivity index (χ3v) is 3.23. The Balaban J connectivity index is 1.92. The van der Waals surface area contributed by atoms with Crippen molar-refractivity contribution in [2.45, 2.75) is 25.9 Å². The molecule has 0 spiro atoms. The van der Waals surface area contributed by atoms with Gasteiger partial charge in [0.1, 0.15) is 6.04 Å². The lowest BCUT2D eigenvalue weighted by Gasteiger charge is -2.22. The van der Waals surface area contributed by atoms with E-state index in [9.17, 15) is 4.79 Å². The first-order valence-corrected chi connectivity index (χ1v) is 5.63. The SMILES string of the molecule is CC1CCN(CCn2cccn2)C1C(=O)O. The van der Waals surface area contributed by atoms with Crippen molar-refractivity contribution in [3.05, 3.63) is 18.5 Å². The predicted molar refractivity (Wildman–Crippen MR) is 59.0 cm³/mol. The van der Waals surface area contributed by atoms with Crippen molar-refractivity contribution in [1.29, 1.82) is 0 Å². The molecule has 0 amide bonds. The quantitative estimate of drug-likeness (QED) is 0.815. The fourth-order valence-electron chi connectivity index (χ4n) is 2.34. The fraction of sp³-hybridized carbons (Fsp3) is 0.636. The summed E-state index contributed by atoms with van der Waals surface area (Å²) in [6.45, 7) is 4.39. The molecule has 5 heteroatoms. The highest BCUT2D eigenvalue weighted by Gasteiger charge is 2.36. The van der Waals surface area contributed by atoms with Gasteiger partial charge in [-0.05, 0) is 24.9 Å². The Morgan fingerprint density at radius 1 is 1.56 bits per heavy atom. The lowest BCUT2D eigenvalue weighted by atomic mass is 10.0. The molecule has 2 atom stereocenters. The monoisotopic (exact) mass is 223 g/mol. The molecule has 1 aliphatic rings. The number of nitrogens with zero attached hydrogens (tertiary/aromatic N) is 3. The van der Waals surface area contributed by atoms with E-state index in [0.29, 0.717) is 0 Å². The van der Waals surface area contributed by atoms with Crippen LogP contribution in [0.1, 0.15) is 13.3 Å². The second-order valence-electron chi connectivity index (χ2n) is 4.35. The Bertz CT molecular complexity index is 350. The van der Waals surface area contributed by atoms with E-state index in [1.165, 1.54) is 0 Å². The zero-order valence-electron chi connectivity index (χ0n) is 9.41. The van der Waals surface area contributed by atoms with E-state index in [4.69, 9.17) is 5.11 Å². The molecule has 5 nitrogen and oxygen atoms in total. The molecule has 0 bridgehead atoms. The first-order chi connectivity index (χ1) is 7.68. The van der Waals surface area contributed by atoms with E-state index in [0.717, 1.165) is 26.1 Å². The molecule has 1 aliphatic heterocycles. The van der Waals surface area contributed by atoms with Crippen molar-refractivity contribution in [2.24, 2.45) is 5.92 Å². The van der Waals surface area contributed by atoms with E-state index in [2.05, 4.69) is 5.10 Å². The van der Waals surface area contributed by atoms with E-state index in [-0.39, 0.29) is 12.0 Å². The summed E-state index contributed by atoms with van der Waals surface area (Å²) >= 11 is 0. The van der Waals surface area contributed by atoms with Gasteiger partial charge in [0.2, 0.25) is 0 Å². The van der Waals surface area contributed by atoms with Gasteiger partial charge in [-0.25, -0.2) is 0 Å². The summed E-state index contributed by atoms with van der Waals surface area (Å²) in [6, 6.07) is 1.55. The van der Waals surface area contributed by atoms with E-state index < -0.39 is 5.97 Å². The number of hydrogen-bond acceptors (Lipinski definition) is 3. The second-order valence-corrected chi connectivity index (χ2v) is 4.35. The van der Waals surface area contributed by atoms with Gasteiger partial charge >= 0.3 is 5.97 Å². The van der Waals surface area contributed by atoms with Gasteiger partial charge in [-0.1, -0.05) is 6.92 Å². The Morgan fingerprint density at radius 3 is 3.00 bits per heavy atom. The zero-order chi connectivity index (χ0) is 11.5. The van der Waals surface area contributed by atoms with Crippen LogP contribution in [0.2, 0.25) is 0 Å². The number of carbonyl (C=O) groups is 1. The average molecular weight is 223 g/mol. The molecule has 1 aromatic heterocycles. The molecule has 1 fully saturated rings. The fourth-order valence-corrected chi connectivity index (χ4v) is 2.34. The molecule has 2 rings (SSSR count). The lowest BCUT2D eigenvalue weighted by molar-refractivity contribution is -0.143. The first-order valence-electron chi connectivity index (χ1n) is 5.63. The number of likely N-dealkylation sites (tertiary alicyclic amines) is 1. The molecule has 0 saturated carbocycles. The van der Waals surface area contributed by atoms with E-state index >= 15 is 0 Å². The molecule has 1 aromatic rings. The topological polar surface area (TPSA) is 58.4 Å². The Labute approximate surface area is 94.7 Å². The zero-order valence-corrected chi connectivity index (χ0v) is 9.41. The average Bonchev–Trinajstić information content (AvgIpc) is 2.83. The maximum atomic E-state index is 11.1. The van der Waals surface area contributed by atoms with Crippen molar-refractivity contribution < 1.29 is 9.90 Å². The molecule has 2 heterocycles. The van der Waals surface area contributed by atoms with Crippen molar-refractivity contribution in [2.75, 3.05) is 13.1 Å². The molecule has 2 unspecified atom stereocenters. The van der Waals surface area contributed by atoms with Crippen LogP contribution in [-0.4, -0.2) is 44.9 Å². The van der Waals surface area contributed by atoms with Crippen LogP contribution in [0.3, 0.4) is 0 Å². The number of carboxylic acids is 1. The maximum absolute atomic E-state index is 11.1. The van der Waals surface area contributed by atoms with E-state index in [1.807, 2.05) is 28.8 Å². The highest BCUT2D eigenvalue weighted by Crippen LogP contribution is 2.23. The van der Waals surface area contributed by atoms with Gasteiger partial charge < -0.3 is 5.11 Å². The van der Waals surface area contributed by atoms with Crippen molar-refractivity contribution in [1.82, 2.24) is 14.7 Å². The molecule has 1 saturated heterocycles. The normalized spacial score (nSPS) is 26.1. The molecule has 0 aliphatic carbocycles. The molecule has 0 radical (unpaired) electrons. The summed E-state index contributed by atoms with van der Waals surface area (Å²) < 4.78 is 1.84. The number of carboxylic acid groups (broad SMARTS) is 1. The third-order valence-electron chi connectivity index (χ3n) is 3.23. The Kier molecular flexibility index (Phi) is 3.24. The maximum Gasteiger partial charge on any atom is 0.321 e. The molecule has 0 aromatic carbocycles. The Morgan fingerprint density at radius 2 is 2.38 bits per heavy atom. The van der Waals surface area contributed by atoms with Gasteiger partial charge in [0.25, 0.3) is 0 Å². The summed E-state index contributed by atoms with van der Waals surface area (Å²) in [4.78, 5) is 13.2. The molecule has 16 heavy (non-hydrogen) atoms. The Hall–Kier alpha value is -1.36. The van der Waals surface area contributed by atoms with Gasteiger partial charge in [-0.15, -0.1) is 0 Å². The highest BCUT2D eigenvalue weighted by molar-refractivity contribution is 5.74. The van der Waals surface area contributed by atoms with Gasteiger partial charge in [0.15, 0.2) is 0 Å². The summed E-state index contributed by atoms with van der Waals surface area (Å²) in [5, 5.41) is 13.3. The first kappa shape index (κ1) is 11.1. The van der Waals surface area contributed by atoms with Crippen LogP contribution in [0.5, 0.6) is 0 Å². The van der Waals surface area contributed by atoms with Gasteiger partial charge in [-0.3, -0.25) is 14.4 Å². The summed E-state index contributed by atoms with van der Waals surface area (Å²) in [7, 11) is 0. The van der Waals surface area contributed by atoms with Crippen molar-refractivity contribution in [3.63, 3.8) is 0 Å². The van der Waals surface area contributed by atoms with Crippen LogP contribution < -0.4 is 0 Å². The molecule has 1 N–H and O–H groups in total. The van der Waals surface area contributed by atoms with Crippen LogP contribution in [0, 0.1) is 5.92 Å². The minimum absolute atomic E-state index is 0.245. The molecular formula is C11H17N3O2. The predicted octanol–water partition coefficient (Wildman–Crippen LogP) is 0.678. The summed E-state index contributed by atoms with van der Waals surface area (Å²) in [6.07, 6.45) is 4.60. The standard InChI is InChI=1S/C11H17N3O2/c1-9-3-6-13(10(9)11(15)16)7-8-14-5-2-4-12-14/h2,4-5,9-10H,3,6-8H2,1H3,(H,15,16). The van der Waals surface area contributed by atoms with Gasteiger partial charge in [-0.2, -0.15) is 5.10 Å². The number of aromatic nitrogens is 2. The van der Waals surface area contributed by atoms with E-state index in [1.54, 1.807) is 6.20 Å². The van der Waals surface area contributed by atoms with Gasteiger partial charge in [0.05, 0.1) is 6.54 Å². The largest absolute Gasteiger partial charge is 0.480 e. The smallest absolute Gasteiger partial charge is 0.321 e. The minimum Gasteiger partial charge on any atom is -0.480 e. The van der Waals surface area contributed by atoms with Crippen LogP contribution >= 0.6 is 0 Å². The van der Waals surface area contributed by atoms with Crippen molar-refractivity contribution in [3.8, 4) is 0 Å². The van der Waals surface area contributed by atoms with Crippen LogP contribution in [0.15, 0.2) is 18.5 Å².